The van der Waals surface area contributed by atoms with Gasteiger partial charge < -0.3 is 5.32 Å². The zero-order valence-electron chi connectivity index (χ0n) is 12.2. The SMILES string of the molecule is CC12CCC(C(=O)Nc3ccc[nH+]c3)(CC1=O)C2(C)C. The number of hydrogen-bond donors (Lipinski definition) is 1. The summed E-state index contributed by atoms with van der Waals surface area (Å²) in [5.41, 5.74) is -0.461. The van der Waals surface area contributed by atoms with E-state index in [1.807, 2.05) is 19.1 Å². The molecular formula is C16H21N2O2+. The fraction of sp³-hybridized carbons (Fsp3) is 0.562. The number of anilines is 1. The molecule has 0 saturated heterocycles. The number of nitrogens with one attached hydrogen (secondary N) is 2. The van der Waals surface area contributed by atoms with Crippen molar-refractivity contribution < 1.29 is 14.6 Å². The fourth-order valence-corrected chi connectivity index (χ4v) is 4.08. The first kappa shape index (κ1) is 13.3. The number of fused-ring (bicyclic) bond motifs is 2. The molecule has 2 bridgehead atoms. The quantitative estimate of drug-likeness (QED) is 0.898. The van der Waals surface area contributed by atoms with Crippen LogP contribution in [0.2, 0.25) is 0 Å². The minimum absolute atomic E-state index is 0.0170. The number of hydrogen-bond acceptors (Lipinski definition) is 2. The Kier molecular flexibility index (Phi) is 2.59. The lowest BCUT2D eigenvalue weighted by Gasteiger charge is -2.38. The Morgan fingerprint density at radius 1 is 1.30 bits per heavy atom. The van der Waals surface area contributed by atoms with Gasteiger partial charge in [-0.25, -0.2) is 4.98 Å². The van der Waals surface area contributed by atoms with E-state index in [-0.39, 0.29) is 22.5 Å². The van der Waals surface area contributed by atoms with Crippen LogP contribution in [0.1, 0.15) is 40.0 Å². The van der Waals surface area contributed by atoms with Crippen LogP contribution in [0, 0.1) is 16.2 Å². The highest BCUT2D eigenvalue weighted by Gasteiger charge is 2.72. The maximum Gasteiger partial charge on any atom is 0.231 e. The van der Waals surface area contributed by atoms with Crippen LogP contribution in [0.15, 0.2) is 24.5 Å². The number of Topliss-reactive ketones (excluding diaryl/α,β-unsaturated/α-hetero) is 1. The van der Waals surface area contributed by atoms with Crippen LogP contribution >= 0.6 is 0 Å². The number of carbonyl (C=O) groups is 2. The first-order valence-corrected chi connectivity index (χ1v) is 7.14. The summed E-state index contributed by atoms with van der Waals surface area (Å²) in [5, 5.41) is 2.97. The number of aromatic amines is 1. The Balaban J connectivity index is 1.94. The molecule has 0 spiro atoms. The highest BCUT2D eigenvalue weighted by Crippen LogP contribution is 2.70. The summed E-state index contributed by atoms with van der Waals surface area (Å²) >= 11 is 0. The molecule has 2 unspecified atom stereocenters. The molecule has 1 amide bonds. The van der Waals surface area contributed by atoms with Gasteiger partial charge in [-0.05, 0) is 24.3 Å². The average molecular weight is 273 g/mol. The van der Waals surface area contributed by atoms with E-state index in [4.69, 9.17) is 0 Å². The van der Waals surface area contributed by atoms with Gasteiger partial charge in [-0.3, -0.25) is 9.59 Å². The van der Waals surface area contributed by atoms with Crippen molar-refractivity contribution in [3.8, 4) is 0 Å². The average Bonchev–Trinajstić information content (AvgIpc) is 2.70. The van der Waals surface area contributed by atoms with Gasteiger partial charge in [-0.1, -0.05) is 20.8 Å². The fourth-order valence-electron chi connectivity index (χ4n) is 4.08. The van der Waals surface area contributed by atoms with E-state index in [1.165, 1.54) is 0 Å². The first-order valence-electron chi connectivity index (χ1n) is 7.14. The number of ketones is 1. The van der Waals surface area contributed by atoms with Crippen molar-refractivity contribution in [1.29, 1.82) is 0 Å². The smallest absolute Gasteiger partial charge is 0.231 e. The van der Waals surface area contributed by atoms with Crippen molar-refractivity contribution in [2.24, 2.45) is 16.2 Å². The molecule has 1 aromatic rings. The standard InChI is InChI=1S/C16H20N2O2/c1-14(2)15(3)6-7-16(14,9-12(15)19)13(20)18-11-5-4-8-17-10-11/h4-5,8,10H,6-7,9H2,1-3H3,(H,18,20)/p+1. The molecule has 106 valence electrons. The Morgan fingerprint density at radius 3 is 2.55 bits per heavy atom. The van der Waals surface area contributed by atoms with Crippen LogP contribution in [-0.4, -0.2) is 11.7 Å². The van der Waals surface area contributed by atoms with Crippen LogP contribution in [0.5, 0.6) is 0 Å². The lowest BCUT2D eigenvalue weighted by atomic mass is 9.64. The van der Waals surface area contributed by atoms with Gasteiger partial charge in [0.05, 0.1) is 5.41 Å². The van der Waals surface area contributed by atoms with Crippen molar-refractivity contribution in [3.63, 3.8) is 0 Å². The summed E-state index contributed by atoms with van der Waals surface area (Å²) in [6.45, 7) is 6.16. The van der Waals surface area contributed by atoms with E-state index in [1.54, 1.807) is 12.4 Å². The molecule has 4 heteroatoms. The van der Waals surface area contributed by atoms with Gasteiger partial charge in [0, 0.05) is 17.9 Å². The van der Waals surface area contributed by atoms with Crippen molar-refractivity contribution in [1.82, 2.24) is 0 Å². The molecule has 0 radical (unpaired) electrons. The summed E-state index contributed by atoms with van der Waals surface area (Å²) in [5.74, 6) is 0.222. The predicted octanol–water partition coefficient (Wildman–Crippen LogP) is 2.22. The van der Waals surface area contributed by atoms with Crippen molar-refractivity contribution >= 4 is 17.4 Å². The summed E-state index contributed by atoms with van der Waals surface area (Å²) < 4.78 is 0. The lowest BCUT2D eigenvalue weighted by molar-refractivity contribution is -0.377. The van der Waals surface area contributed by atoms with Crippen molar-refractivity contribution in [3.05, 3.63) is 24.5 Å². The van der Waals surface area contributed by atoms with Crippen LogP contribution in [-0.2, 0) is 9.59 Å². The Hall–Kier alpha value is -1.71. The predicted molar refractivity (Wildman–Crippen MR) is 74.8 cm³/mol. The molecule has 2 N–H and O–H groups in total. The van der Waals surface area contributed by atoms with Crippen LogP contribution in [0.4, 0.5) is 5.69 Å². The molecule has 2 aliphatic rings. The number of aromatic nitrogens is 1. The molecule has 2 saturated carbocycles. The summed E-state index contributed by atoms with van der Waals surface area (Å²) in [6, 6.07) is 3.69. The number of pyridine rings is 1. The van der Waals surface area contributed by atoms with Gasteiger partial charge in [0.15, 0.2) is 12.4 Å². The zero-order chi connectivity index (χ0) is 14.6. The van der Waals surface area contributed by atoms with Gasteiger partial charge in [-0.15, -0.1) is 0 Å². The van der Waals surface area contributed by atoms with E-state index in [9.17, 15) is 9.59 Å². The van der Waals surface area contributed by atoms with E-state index < -0.39 is 5.41 Å². The third kappa shape index (κ3) is 1.39. The molecule has 2 aliphatic carbocycles. The molecule has 2 fully saturated rings. The zero-order valence-corrected chi connectivity index (χ0v) is 12.2. The maximum absolute atomic E-state index is 12.8. The van der Waals surface area contributed by atoms with Crippen LogP contribution in [0.25, 0.3) is 0 Å². The van der Waals surface area contributed by atoms with E-state index in [0.29, 0.717) is 6.42 Å². The highest BCUT2D eigenvalue weighted by molar-refractivity contribution is 6.04. The van der Waals surface area contributed by atoms with E-state index in [2.05, 4.69) is 24.1 Å². The molecule has 1 aromatic heterocycles. The second-order valence-corrected chi connectivity index (χ2v) is 6.89. The highest BCUT2D eigenvalue weighted by atomic mass is 16.2. The van der Waals surface area contributed by atoms with E-state index in [0.717, 1.165) is 18.5 Å². The number of rotatable bonds is 2. The number of carbonyl (C=O) groups excluding carboxylic acids is 2. The molecule has 1 heterocycles. The molecule has 0 aliphatic heterocycles. The molecule has 3 rings (SSSR count). The molecule has 20 heavy (non-hydrogen) atoms. The first-order chi connectivity index (χ1) is 9.33. The second-order valence-electron chi connectivity index (χ2n) is 6.89. The number of amides is 1. The monoisotopic (exact) mass is 273 g/mol. The van der Waals surface area contributed by atoms with Gasteiger partial charge in [0.2, 0.25) is 5.91 Å². The number of H-pyrrole nitrogens is 1. The van der Waals surface area contributed by atoms with E-state index >= 15 is 0 Å². The van der Waals surface area contributed by atoms with Gasteiger partial charge in [-0.2, -0.15) is 0 Å². The third-order valence-corrected chi connectivity index (χ3v) is 6.10. The van der Waals surface area contributed by atoms with Crippen molar-refractivity contribution in [2.45, 2.75) is 40.0 Å². The van der Waals surface area contributed by atoms with Gasteiger partial charge >= 0.3 is 0 Å². The largest absolute Gasteiger partial charge is 0.321 e. The minimum atomic E-state index is -0.561. The van der Waals surface area contributed by atoms with Crippen molar-refractivity contribution in [2.75, 3.05) is 5.32 Å². The molecule has 4 nitrogen and oxygen atoms in total. The topological polar surface area (TPSA) is 60.3 Å². The van der Waals surface area contributed by atoms with Crippen LogP contribution < -0.4 is 10.3 Å². The van der Waals surface area contributed by atoms with Crippen LogP contribution in [0.3, 0.4) is 0 Å². The summed E-state index contributed by atoms with van der Waals surface area (Å²) in [4.78, 5) is 28.1. The second kappa shape index (κ2) is 3.90. The van der Waals surface area contributed by atoms with Gasteiger partial charge in [0.25, 0.3) is 0 Å². The molecule has 2 atom stereocenters. The maximum atomic E-state index is 12.8. The Labute approximate surface area is 119 Å². The minimum Gasteiger partial charge on any atom is -0.321 e. The van der Waals surface area contributed by atoms with Gasteiger partial charge in [0.1, 0.15) is 11.5 Å². The Bertz CT molecular complexity index is 581. The third-order valence-electron chi connectivity index (χ3n) is 6.10. The lowest BCUT2D eigenvalue weighted by Crippen LogP contribution is -2.43. The summed E-state index contributed by atoms with van der Waals surface area (Å²) in [7, 11) is 0. The molecular weight excluding hydrogens is 252 g/mol. The summed E-state index contributed by atoms with van der Waals surface area (Å²) in [6.07, 6.45) is 5.53. The normalized spacial score (nSPS) is 34.2. The molecule has 0 aromatic carbocycles. The Morgan fingerprint density at radius 2 is 2.05 bits per heavy atom.